The molecule has 0 saturated carbocycles. The number of methoxy groups -OCH3 is 2. The van der Waals surface area contributed by atoms with E-state index in [1.165, 1.54) is 0 Å². The number of pyridine rings is 1. The number of ether oxygens (including phenoxy) is 3. The fraction of sp³-hybridized carbons (Fsp3) is 0.381. The highest BCUT2D eigenvalue weighted by Gasteiger charge is 2.22. The summed E-state index contributed by atoms with van der Waals surface area (Å²) in [5.41, 5.74) is 3.12. The summed E-state index contributed by atoms with van der Waals surface area (Å²) in [6.07, 6.45) is 7.02. The first kappa shape index (κ1) is 20.2. The molecule has 0 unspecified atom stereocenters. The summed E-state index contributed by atoms with van der Waals surface area (Å²) in [5.74, 6) is 2.31. The lowest BCUT2D eigenvalue weighted by Crippen LogP contribution is -2.37. The third-order valence-electron chi connectivity index (χ3n) is 5.42. The van der Waals surface area contributed by atoms with E-state index in [2.05, 4.69) is 26.9 Å². The number of morpholine rings is 1. The summed E-state index contributed by atoms with van der Waals surface area (Å²) in [4.78, 5) is 20.6. The zero-order valence-electron chi connectivity index (χ0n) is 18.2. The van der Waals surface area contributed by atoms with Crippen molar-refractivity contribution in [2.45, 2.75) is 13.5 Å². The van der Waals surface area contributed by atoms with E-state index in [0.29, 0.717) is 30.8 Å². The molecule has 5 heterocycles. The second-order valence-electron chi connectivity index (χ2n) is 7.26. The predicted octanol–water partition coefficient (Wildman–Crippen LogP) is 1.95. The molecule has 32 heavy (non-hydrogen) atoms. The van der Waals surface area contributed by atoms with Crippen LogP contribution in [0.4, 0.5) is 5.82 Å². The summed E-state index contributed by atoms with van der Waals surface area (Å²) in [5, 5.41) is 4.59. The van der Waals surface area contributed by atoms with Crippen LogP contribution < -0.4 is 14.4 Å². The Kier molecular flexibility index (Phi) is 5.31. The van der Waals surface area contributed by atoms with Gasteiger partial charge in [0.05, 0.1) is 45.5 Å². The quantitative estimate of drug-likeness (QED) is 0.448. The Morgan fingerprint density at radius 1 is 1.09 bits per heavy atom. The van der Waals surface area contributed by atoms with Crippen molar-refractivity contribution in [1.82, 2.24) is 34.3 Å². The van der Waals surface area contributed by atoms with Gasteiger partial charge in [-0.15, -0.1) is 5.10 Å². The Balaban J connectivity index is 1.65. The minimum atomic E-state index is 0.439. The molecule has 0 N–H and O–H groups in total. The number of hydrogen-bond acceptors (Lipinski definition) is 9. The summed E-state index contributed by atoms with van der Waals surface area (Å²) in [7, 11) is 3.19. The maximum atomic E-state index is 5.54. The van der Waals surface area contributed by atoms with E-state index in [9.17, 15) is 0 Å². The Hall–Kier alpha value is -3.73. The summed E-state index contributed by atoms with van der Waals surface area (Å²) >= 11 is 0. The Morgan fingerprint density at radius 3 is 2.69 bits per heavy atom. The van der Waals surface area contributed by atoms with Crippen molar-refractivity contribution in [3.8, 4) is 28.7 Å². The number of fused-ring (bicyclic) bond motifs is 1. The zero-order valence-corrected chi connectivity index (χ0v) is 18.2. The van der Waals surface area contributed by atoms with Gasteiger partial charge in [0, 0.05) is 37.6 Å². The molecule has 0 radical (unpaired) electrons. The first-order valence-electron chi connectivity index (χ1n) is 10.4. The monoisotopic (exact) mass is 436 g/mol. The lowest BCUT2D eigenvalue weighted by atomic mass is 10.1. The molecule has 1 saturated heterocycles. The molecule has 1 fully saturated rings. The van der Waals surface area contributed by atoms with E-state index < -0.39 is 0 Å². The molecule has 0 aliphatic carbocycles. The molecule has 5 rings (SSSR count). The van der Waals surface area contributed by atoms with Gasteiger partial charge in [0.2, 0.25) is 5.88 Å². The lowest BCUT2D eigenvalue weighted by Gasteiger charge is -2.28. The summed E-state index contributed by atoms with van der Waals surface area (Å²) in [6.45, 7) is 5.60. The van der Waals surface area contributed by atoms with Crippen LogP contribution in [0.25, 0.3) is 28.2 Å². The van der Waals surface area contributed by atoms with Gasteiger partial charge >= 0.3 is 0 Å². The average Bonchev–Trinajstić information content (AvgIpc) is 3.48. The smallest absolute Gasteiger partial charge is 0.254 e. The normalized spacial score (nSPS) is 14.2. The molecule has 0 atom stereocenters. The molecule has 166 valence electrons. The van der Waals surface area contributed by atoms with Gasteiger partial charge in [0.15, 0.2) is 17.0 Å². The molecule has 11 heteroatoms. The van der Waals surface area contributed by atoms with Gasteiger partial charge in [0.1, 0.15) is 5.75 Å². The van der Waals surface area contributed by atoms with Gasteiger partial charge in [-0.2, -0.15) is 9.97 Å². The van der Waals surface area contributed by atoms with E-state index >= 15 is 0 Å². The second-order valence-corrected chi connectivity index (χ2v) is 7.26. The molecule has 4 aromatic rings. The fourth-order valence-electron chi connectivity index (χ4n) is 3.73. The van der Waals surface area contributed by atoms with Crippen molar-refractivity contribution in [2.24, 2.45) is 0 Å². The lowest BCUT2D eigenvalue weighted by molar-refractivity contribution is 0.122. The number of anilines is 1. The van der Waals surface area contributed by atoms with E-state index in [4.69, 9.17) is 24.2 Å². The molecule has 1 aliphatic heterocycles. The van der Waals surface area contributed by atoms with E-state index in [1.54, 1.807) is 37.6 Å². The van der Waals surface area contributed by atoms with Gasteiger partial charge in [-0.25, -0.2) is 9.67 Å². The number of nitrogens with zero attached hydrogens (tertiary/aromatic N) is 8. The largest absolute Gasteiger partial charge is 0.495 e. The van der Waals surface area contributed by atoms with Crippen molar-refractivity contribution in [3.63, 3.8) is 0 Å². The second kappa shape index (κ2) is 8.42. The van der Waals surface area contributed by atoms with Gasteiger partial charge in [-0.3, -0.25) is 4.98 Å². The van der Waals surface area contributed by atoms with Gasteiger partial charge < -0.3 is 23.7 Å². The number of rotatable bonds is 6. The van der Waals surface area contributed by atoms with E-state index in [-0.39, 0.29) is 0 Å². The van der Waals surface area contributed by atoms with Crippen molar-refractivity contribution in [1.29, 1.82) is 0 Å². The summed E-state index contributed by atoms with van der Waals surface area (Å²) in [6, 6.07) is 1.88. The molecule has 0 aromatic carbocycles. The summed E-state index contributed by atoms with van der Waals surface area (Å²) < 4.78 is 20.0. The topological polar surface area (TPSA) is 105 Å². The standard InChI is InChI=1S/C21H24N8O3/c1-4-27-13-23-17-18(27)24-21(25-19(17)28-5-7-32-8-6-28)29-12-16(20(26-29)31-3)14-9-15(30-2)11-22-10-14/h9-13H,4-8H2,1-3H3. The number of aryl methyl sites for hydroxylation is 1. The number of imidazole rings is 1. The van der Waals surface area contributed by atoms with Crippen LogP contribution in [0.5, 0.6) is 11.6 Å². The van der Waals surface area contributed by atoms with Crippen LogP contribution in [0.3, 0.4) is 0 Å². The van der Waals surface area contributed by atoms with Crippen molar-refractivity contribution < 1.29 is 14.2 Å². The first-order chi connectivity index (χ1) is 15.7. The highest BCUT2D eigenvalue weighted by molar-refractivity contribution is 5.84. The fourth-order valence-corrected chi connectivity index (χ4v) is 3.73. The molecule has 0 amide bonds. The van der Waals surface area contributed by atoms with Crippen LogP contribution in [-0.2, 0) is 11.3 Å². The van der Waals surface area contributed by atoms with Crippen LogP contribution in [0.2, 0.25) is 0 Å². The Labute approximate surface area is 184 Å². The maximum Gasteiger partial charge on any atom is 0.254 e. The highest BCUT2D eigenvalue weighted by Crippen LogP contribution is 2.32. The third-order valence-corrected chi connectivity index (χ3v) is 5.42. The number of hydrogen-bond donors (Lipinski definition) is 0. The molecular weight excluding hydrogens is 412 g/mol. The zero-order chi connectivity index (χ0) is 22.1. The van der Waals surface area contributed by atoms with E-state index in [0.717, 1.165) is 47.7 Å². The van der Waals surface area contributed by atoms with Gasteiger partial charge in [0.25, 0.3) is 5.95 Å². The Morgan fingerprint density at radius 2 is 1.94 bits per heavy atom. The van der Waals surface area contributed by atoms with Crippen LogP contribution in [0.15, 0.2) is 31.0 Å². The van der Waals surface area contributed by atoms with Gasteiger partial charge in [-0.1, -0.05) is 0 Å². The van der Waals surface area contributed by atoms with Crippen LogP contribution in [-0.4, -0.2) is 74.8 Å². The molecule has 1 aliphatic rings. The number of aromatic nitrogens is 7. The minimum Gasteiger partial charge on any atom is -0.495 e. The molecule has 11 nitrogen and oxygen atoms in total. The molecular formula is C21H24N8O3. The van der Waals surface area contributed by atoms with E-state index in [1.807, 2.05) is 16.8 Å². The average molecular weight is 436 g/mol. The highest BCUT2D eigenvalue weighted by atomic mass is 16.5. The van der Waals surface area contributed by atoms with Crippen LogP contribution in [0.1, 0.15) is 6.92 Å². The van der Waals surface area contributed by atoms with Crippen LogP contribution >= 0.6 is 0 Å². The SMILES string of the molecule is CCn1cnc2c(N3CCOCC3)nc(-n3cc(-c4cncc(OC)c4)c(OC)n3)nc21. The third kappa shape index (κ3) is 3.50. The Bertz CT molecular complexity index is 1250. The predicted molar refractivity (Wildman–Crippen MR) is 117 cm³/mol. The molecule has 4 aromatic heterocycles. The molecule has 0 bridgehead atoms. The molecule has 0 spiro atoms. The van der Waals surface area contributed by atoms with Crippen molar-refractivity contribution in [3.05, 3.63) is 31.0 Å². The van der Waals surface area contributed by atoms with Gasteiger partial charge in [-0.05, 0) is 13.0 Å². The maximum absolute atomic E-state index is 5.54. The first-order valence-corrected chi connectivity index (χ1v) is 10.4. The van der Waals surface area contributed by atoms with Crippen molar-refractivity contribution in [2.75, 3.05) is 45.4 Å². The van der Waals surface area contributed by atoms with Crippen molar-refractivity contribution >= 4 is 17.0 Å². The minimum absolute atomic E-state index is 0.439. The van der Waals surface area contributed by atoms with Crippen LogP contribution in [0, 0.1) is 0 Å².